The summed E-state index contributed by atoms with van der Waals surface area (Å²) in [7, 11) is 0. The van der Waals surface area contributed by atoms with E-state index in [0.717, 1.165) is 0 Å². The third-order valence-corrected chi connectivity index (χ3v) is 3.87. The first-order valence-electron chi connectivity index (χ1n) is 5.54. The fourth-order valence-electron chi connectivity index (χ4n) is 1.86. The van der Waals surface area contributed by atoms with Gasteiger partial charge in [0.15, 0.2) is 0 Å². The van der Waals surface area contributed by atoms with E-state index in [1.54, 1.807) is 11.4 Å². The van der Waals surface area contributed by atoms with E-state index in [2.05, 4.69) is 9.97 Å². The van der Waals surface area contributed by atoms with Crippen LogP contribution in [-0.4, -0.2) is 9.97 Å². The molecule has 0 bridgehead atoms. The first-order chi connectivity index (χ1) is 9.13. The number of nitrogens with zero attached hydrogens (tertiary/aromatic N) is 1. The lowest BCUT2D eigenvalue weighted by atomic mass is 10.1. The van der Waals surface area contributed by atoms with Crippen molar-refractivity contribution in [3.05, 3.63) is 62.2 Å². The molecule has 0 aliphatic heterocycles. The van der Waals surface area contributed by atoms with Gasteiger partial charge in [-0.15, -0.1) is 11.3 Å². The van der Waals surface area contributed by atoms with Crippen molar-refractivity contribution in [3.8, 4) is 0 Å². The van der Waals surface area contributed by atoms with E-state index in [1.807, 2.05) is 0 Å². The average molecular weight is 295 g/mol. The van der Waals surface area contributed by atoms with Gasteiger partial charge in [-0.1, -0.05) is 11.6 Å². The number of aromatic amines is 1. The maximum absolute atomic E-state index is 13.6. The molecule has 0 fully saturated rings. The maximum atomic E-state index is 13.6. The van der Waals surface area contributed by atoms with Gasteiger partial charge in [-0.25, -0.2) is 9.37 Å². The van der Waals surface area contributed by atoms with Crippen molar-refractivity contribution in [2.45, 2.75) is 6.42 Å². The molecule has 6 heteroatoms. The van der Waals surface area contributed by atoms with Gasteiger partial charge in [0, 0.05) is 11.4 Å². The number of aromatic nitrogens is 2. The van der Waals surface area contributed by atoms with Crippen LogP contribution >= 0.6 is 22.9 Å². The molecule has 0 spiro atoms. The Balaban J connectivity index is 2.05. The minimum absolute atomic E-state index is 0.197. The molecule has 0 saturated heterocycles. The highest BCUT2D eigenvalue weighted by atomic mass is 35.5. The molecule has 1 aromatic carbocycles. The Labute approximate surface area is 116 Å². The fraction of sp³-hybridized carbons (Fsp3) is 0.0769. The average Bonchev–Trinajstić information content (AvgIpc) is 2.82. The molecule has 3 rings (SSSR count). The second kappa shape index (κ2) is 4.75. The van der Waals surface area contributed by atoms with E-state index in [9.17, 15) is 9.18 Å². The predicted molar refractivity (Wildman–Crippen MR) is 74.5 cm³/mol. The molecule has 0 unspecified atom stereocenters. The van der Waals surface area contributed by atoms with Crippen LogP contribution in [0.5, 0.6) is 0 Å². The van der Waals surface area contributed by atoms with Crippen molar-refractivity contribution in [1.29, 1.82) is 0 Å². The van der Waals surface area contributed by atoms with E-state index >= 15 is 0 Å². The second-order valence-corrected chi connectivity index (χ2v) is 5.41. The SMILES string of the molecule is O=c1[nH]c(Cc2cc(Cl)ccc2F)nc2ccsc12. The van der Waals surface area contributed by atoms with E-state index in [0.29, 0.717) is 26.6 Å². The van der Waals surface area contributed by atoms with E-state index in [-0.39, 0.29) is 17.8 Å². The van der Waals surface area contributed by atoms with E-state index < -0.39 is 0 Å². The van der Waals surface area contributed by atoms with Crippen LogP contribution in [-0.2, 0) is 6.42 Å². The van der Waals surface area contributed by atoms with Crippen LogP contribution in [0.15, 0.2) is 34.4 Å². The summed E-state index contributed by atoms with van der Waals surface area (Å²) >= 11 is 7.17. The molecule has 3 nitrogen and oxygen atoms in total. The fourth-order valence-corrected chi connectivity index (χ4v) is 2.78. The number of rotatable bonds is 2. The van der Waals surface area contributed by atoms with Gasteiger partial charge in [0.2, 0.25) is 0 Å². The number of H-pyrrole nitrogens is 1. The molecule has 0 amide bonds. The molecule has 2 aromatic heterocycles. The quantitative estimate of drug-likeness (QED) is 0.787. The van der Waals surface area contributed by atoms with Crippen LogP contribution in [0.3, 0.4) is 0 Å². The van der Waals surface area contributed by atoms with Crippen molar-refractivity contribution >= 4 is 33.2 Å². The van der Waals surface area contributed by atoms with Crippen LogP contribution in [0, 0.1) is 5.82 Å². The molecule has 0 saturated carbocycles. The Kier molecular flexibility index (Phi) is 3.08. The minimum atomic E-state index is -0.363. The van der Waals surface area contributed by atoms with Gasteiger partial charge in [-0.2, -0.15) is 0 Å². The van der Waals surface area contributed by atoms with Crippen LogP contribution in [0.1, 0.15) is 11.4 Å². The van der Waals surface area contributed by atoms with Gasteiger partial charge in [-0.05, 0) is 35.2 Å². The Morgan fingerprint density at radius 2 is 2.21 bits per heavy atom. The topological polar surface area (TPSA) is 45.8 Å². The largest absolute Gasteiger partial charge is 0.309 e. The smallest absolute Gasteiger partial charge is 0.268 e. The molecule has 19 heavy (non-hydrogen) atoms. The Morgan fingerprint density at radius 1 is 1.37 bits per heavy atom. The summed E-state index contributed by atoms with van der Waals surface area (Å²) in [4.78, 5) is 18.8. The lowest BCUT2D eigenvalue weighted by Crippen LogP contribution is -2.11. The Morgan fingerprint density at radius 3 is 3.05 bits per heavy atom. The maximum Gasteiger partial charge on any atom is 0.268 e. The van der Waals surface area contributed by atoms with Crippen molar-refractivity contribution in [2.24, 2.45) is 0 Å². The normalized spacial score (nSPS) is 11.1. The van der Waals surface area contributed by atoms with Crippen molar-refractivity contribution in [2.75, 3.05) is 0 Å². The van der Waals surface area contributed by atoms with Crippen molar-refractivity contribution in [3.63, 3.8) is 0 Å². The molecule has 96 valence electrons. The lowest BCUT2D eigenvalue weighted by molar-refractivity contribution is 0.612. The number of hydrogen-bond acceptors (Lipinski definition) is 3. The Hall–Kier alpha value is -1.72. The lowest BCUT2D eigenvalue weighted by Gasteiger charge is -2.03. The molecule has 2 heterocycles. The summed E-state index contributed by atoms with van der Waals surface area (Å²) in [6.45, 7) is 0. The highest BCUT2D eigenvalue weighted by Crippen LogP contribution is 2.18. The predicted octanol–water partition coefficient (Wildman–Crippen LogP) is 3.37. The zero-order valence-electron chi connectivity index (χ0n) is 9.61. The molecular weight excluding hydrogens is 287 g/mol. The van der Waals surface area contributed by atoms with Crippen molar-refractivity contribution < 1.29 is 4.39 Å². The summed E-state index contributed by atoms with van der Waals surface area (Å²) in [6.07, 6.45) is 0.202. The third-order valence-electron chi connectivity index (χ3n) is 2.73. The van der Waals surface area contributed by atoms with Crippen molar-refractivity contribution in [1.82, 2.24) is 9.97 Å². The number of halogens is 2. The third kappa shape index (κ3) is 2.39. The molecule has 1 N–H and O–H groups in total. The summed E-state index contributed by atoms with van der Waals surface area (Å²) in [5.74, 6) is 0.0644. The zero-order chi connectivity index (χ0) is 13.4. The second-order valence-electron chi connectivity index (χ2n) is 4.06. The number of benzene rings is 1. The number of nitrogens with one attached hydrogen (secondary N) is 1. The number of thiophene rings is 1. The first-order valence-corrected chi connectivity index (χ1v) is 6.79. The van der Waals surface area contributed by atoms with E-state index in [4.69, 9.17) is 11.6 Å². The molecular formula is C13H8ClFN2OS. The van der Waals surface area contributed by atoms with Gasteiger partial charge in [0.1, 0.15) is 16.3 Å². The molecule has 0 aliphatic carbocycles. The van der Waals surface area contributed by atoms with Gasteiger partial charge in [0.25, 0.3) is 5.56 Å². The Bertz CT molecular complexity index is 812. The highest BCUT2D eigenvalue weighted by molar-refractivity contribution is 7.17. The summed E-state index contributed by atoms with van der Waals surface area (Å²) < 4.78 is 14.2. The summed E-state index contributed by atoms with van der Waals surface area (Å²) in [5, 5.41) is 2.26. The molecule has 0 radical (unpaired) electrons. The van der Waals surface area contributed by atoms with Crippen LogP contribution in [0.25, 0.3) is 10.2 Å². The van der Waals surface area contributed by atoms with Gasteiger partial charge in [-0.3, -0.25) is 4.79 Å². The van der Waals surface area contributed by atoms with E-state index in [1.165, 1.54) is 29.5 Å². The summed E-state index contributed by atoms with van der Waals surface area (Å²) in [5.41, 5.74) is 0.842. The number of fused-ring (bicyclic) bond motifs is 1. The van der Waals surface area contributed by atoms with Crippen LogP contribution in [0.2, 0.25) is 5.02 Å². The van der Waals surface area contributed by atoms with Gasteiger partial charge in [0.05, 0.1) is 5.52 Å². The molecule has 0 atom stereocenters. The monoisotopic (exact) mass is 294 g/mol. The van der Waals surface area contributed by atoms with Crippen LogP contribution in [0.4, 0.5) is 4.39 Å². The van der Waals surface area contributed by atoms with Gasteiger partial charge < -0.3 is 4.98 Å². The molecule has 3 aromatic rings. The highest BCUT2D eigenvalue weighted by Gasteiger charge is 2.09. The molecule has 0 aliphatic rings. The van der Waals surface area contributed by atoms with Crippen LogP contribution < -0.4 is 5.56 Å². The summed E-state index contributed by atoms with van der Waals surface area (Å²) in [6, 6.07) is 6.10. The zero-order valence-corrected chi connectivity index (χ0v) is 11.2. The first kappa shape index (κ1) is 12.3. The number of hydrogen-bond donors (Lipinski definition) is 1. The standard InChI is InChI=1S/C13H8ClFN2OS/c14-8-1-2-9(15)7(5-8)6-11-16-10-3-4-19-12(10)13(18)17-11/h1-5H,6H2,(H,16,17,18). The minimum Gasteiger partial charge on any atom is -0.309 e. The van der Waals surface area contributed by atoms with Gasteiger partial charge >= 0.3 is 0 Å².